The van der Waals surface area contributed by atoms with Crippen LogP contribution < -0.4 is 16.4 Å². The Morgan fingerprint density at radius 1 is 1.38 bits per heavy atom. The molecular formula is C14H28N4O3. The summed E-state index contributed by atoms with van der Waals surface area (Å²) in [5.74, 6) is -0.314. The average Bonchev–Trinajstić information content (AvgIpc) is 2.36. The zero-order chi connectivity index (χ0) is 16.0. The topological polar surface area (TPSA) is 96.7 Å². The van der Waals surface area contributed by atoms with E-state index in [-0.39, 0.29) is 30.1 Å². The number of rotatable bonds is 4. The van der Waals surface area contributed by atoms with E-state index in [4.69, 9.17) is 10.5 Å². The highest BCUT2D eigenvalue weighted by molar-refractivity contribution is 5.95. The number of nitrogens with zero attached hydrogens (tertiary/aromatic N) is 1. The number of likely N-dealkylation sites (tertiary alicyclic amines) is 1. The monoisotopic (exact) mass is 300 g/mol. The lowest BCUT2D eigenvalue weighted by Crippen LogP contribution is -2.54. The van der Waals surface area contributed by atoms with Gasteiger partial charge >= 0.3 is 6.03 Å². The maximum Gasteiger partial charge on any atom is 0.321 e. The molecule has 0 radical (unpaired) electrons. The molecule has 3 amide bonds. The Morgan fingerprint density at radius 3 is 2.57 bits per heavy atom. The zero-order valence-corrected chi connectivity index (χ0v) is 13.4. The van der Waals surface area contributed by atoms with Crippen LogP contribution >= 0.6 is 0 Å². The Hall–Kier alpha value is -1.18. The van der Waals surface area contributed by atoms with Crippen molar-refractivity contribution in [2.75, 3.05) is 26.7 Å². The number of imide groups is 1. The number of nitrogens with one attached hydrogen (secondary N) is 2. The molecule has 0 aliphatic carbocycles. The van der Waals surface area contributed by atoms with Crippen molar-refractivity contribution in [3.63, 3.8) is 0 Å². The molecule has 0 aromatic heterocycles. The van der Waals surface area contributed by atoms with Crippen LogP contribution in [0.5, 0.6) is 0 Å². The van der Waals surface area contributed by atoms with Crippen molar-refractivity contribution < 1.29 is 14.3 Å². The Morgan fingerprint density at radius 2 is 2.05 bits per heavy atom. The number of methoxy groups -OCH3 is 1. The van der Waals surface area contributed by atoms with Crippen molar-refractivity contribution in [3.8, 4) is 0 Å². The van der Waals surface area contributed by atoms with Crippen molar-refractivity contribution in [1.82, 2.24) is 15.5 Å². The first-order chi connectivity index (χ1) is 9.75. The summed E-state index contributed by atoms with van der Waals surface area (Å²) in [5.41, 5.74) is 5.39. The molecule has 0 bridgehead atoms. The lowest BCUT2D eigenvalue weighted by atomic mass is 9.99. The summed E-state index contributed by atoms with van der Waals surface area (Å²) in [5, 5.41) is 5.05. The van der Waals surface area contributed by atoms with Crippen molar-refractivity contribution in [2.24, 2.45) is 5.73 Å². The highest BCUT2D eigenvalue weighted by Gasteiger charge is 2.29. The number of nitrogens with two attached hydrogens (primary N) is 1. The van der Waals surface area contributed by atoms with E-state index in [0.29, 0.717) is 6.54 Å². The summed E-state index contributed by atoms with van der Waals surface area (Å²) in [6, 6.07) is -0.358. The fourth-order valence-electron chi connectivity index (χ4n) is 2.45. The van der Waals surface area contributed by atoms with E-state index in [1.165, 1.54) is 0 Å². The van der Waals surface area contributed by atoms with Gasteiger partial charge in [-0.1, -0.05) is 0 Å². The number of hydrogen-bond acceptors (Lipinski definition) is 5. The Kier molecular flexibility index (Phi) is 6.57. The molecule has 1 fully saturated rings. The molecule has 0 aromatic carbocycles. The molecule has 7 heteroatoms. The van der Waals surface area contributed by atoms with Gasteiger partial charge in [-0.3, -0.25) is 15.0 Å². The van der Waals surface area contributed by atoms with Gasteiger partial charge in [0.15, 0.2) is 0 Å². The average molecular weight is 300 g/mol. The normalized spacial score (nSPS) is 23.7. The van der Waals surface area contributed by atoms with Gasteiger partial charge in [-0.05, 0) is 33.6 Å². The summed E-state index contributed by atoms with van der Waals surface area (Å²) < 4.78 is 5.35. The van der Waals surface area contributed by atoms with Gasteiger partial charge in [-0.15, -0.1) is 0 Å². The molecule has 0 aromatic rings. The summed E-state index contributed by atoms with van der Waals surface area (Å²) in [4.78, 5) is 25.6. The van der Waals surface area contributed by atoms with E-state index in [2.05, 4.69) is 10.6 Å². The van der Waals surface area contributed by atoms with Crippen LogP contribution in [0.25, 0.3) is 0 Å². The van der Waals surface area contributed by atoms with Gasteiger partial charge in [0.05, 0.1) is 12.6 Å². The lowest BCUT2D eigenvalue weighted by molar-refractivity contribution is -0.122. The molecule has 1 rings (SSSR count). The van der Waals surface area contributed by atoms with Gasteiger partial charge in [0.25, 0.3) is 0 Å². The van der Waals surface area contributed by atoms with Crippen LogP contribution in [0.1, 0.15) is 33.6 Å². The minimum Gasteiger partial charge on any atom is -0.381 e. The van der Waals surface area contributed by atoms with Crippen molar-refractivity contribution in [2.45, 2.75) is 51.3 Å². The SMILES string of the molecule is COC1CCN(CC(=O)NC(=O)NC(C)(C)C)C(CN)C1. The molecule has 122 valence electrons. The Bertz CT molecular complexity index is 368. The van der Waals surface area contributed by atoms with Crippen LogP contribution in [0.2, 0.25) is 0 Å². The zero-order valence-electron chi connectivity index (χ0n) is 13.4. The van der Waals surface area contributed by atoms with Gasteiger partial charge < -0.3 is 15.8 Å². The number of piperidine rings is 1. The van der Waals surface area contributed by atoms with Gasteiger partial charge in [0, 0.05) is 31.8 Å². The Balaban J connectivity index is 2.45. The molecule has 7 nitrogen and oxygen atoms in total. The molecule has 0 spiro atoms. The summed E-state index contributed by atoms with van der Waals surface area (Å²) in [6.45, 7) is 6.97. The number of ether oxygens (including phenoxy) is 1. The first kappa shape index (κ1) is 17.9. The highest BCUT2D eigenvalue weighted by atomic mass is 16.5. The standard InChI is InChI=1S/C14H28N4O3/c1-14(2,3)17-13(20)16-12(19)9-18-6-5-11(21-4)7-10(18)8-15/h10-11H,5-9,15H2,1-4H3,(H2,16,17,19,20). The number of carbonyl (C=O) groups is 2. The third-order valence-electron chi connectivity index (χ3n) is 3.48. The fraction of sp³-hybridized carbons (Fsp3) is 0.857. The third-order valence-corrected chi connectivity index (χ3v) is 3.48. The minimum absolute atomic E-state index is 0.111. The first-order valence-corrected chi connectivity index (χ1v) is 7.34. The summed E-state index contributed by atoms with van der Waals surface area (Å²) >= 11 is 0. The van der Waals surface area contributed by atoms with Crippen molar-refractivity contribution >= 4 is 11.9 Å². The third kappa shape index (κ3) is 6.41. The highest BCUT2D eigenvalue weighted by Crippen LogP contribution is 2.18. The predicted octanol–water partition coefficient (Wildman–Crippen LogP) is 0.0488. The van der Waals surface area contributed by atoms with Gasteiger partial charge in [0.1, 0.15) is 0 Å². The van der Waals surface area contributed by atoms with E-state index in [9.17, 15) is 9.59 Å². The quantitative estimate of drug-likeness (QED) is 0.681. The maximum absolute atomic E-state index is 11.9. The van der Waals surface area contributed by atoms with E-state index < -0.39 is 6.03 Å². The second-order valence-electron chi connectivity index (χ2n) is 6.49. The van der Waals surface area contributed by atoms with E-state index in [1.54, 1.807) is 7.11 Å². The molecule has 2 atom stereocenters. The maximum atomic E-state index is 11.9. The van der Waals surface area contributed by atoms with Crippen LogP contribution in [0.4, 0.5) is 4.79 Å². The largest absolute Gasteiger partial charge is 0.381 e. The van der Waals surface area contributed by atoms with E-state index in [1.807, 2.05) is 25.7 Å². The number of urea groups is 1. The van der Waals surface area contributed by atoms with Crippen LogP contribution in [0.15, 0.2) is 0 Å². The molecule has 1 heterocycles. The molecule has 0 saturated carbocycles. The van der Waals surface area contributed by atoms with Gasteiger partial charge in [-0.2, -0.15) is 0 Å². The summed E-state index contributed by atoms with van der Waals surface area (Å²) in [7, 11) is 1.69. The number of amides is 3. The van der Waals surface area contributed by atoms with Gasteiger partial charge in [-0.25, -0.2) is 4.79 Å². The summed E-state index contributed by atoms with van der Waals surface area (Å²) in [6.07, 6.45) is 1.88. The molecule has 4 N–H and O–H groups in total. The van der Waals surface area contributed by atoms with E-state index in [0.717, 1.165) is 19.4 Å². The van der Waals surface area contributed by atoms with Crippen LogP contribution in [0.3, 0.4) is 0 Å². The molecule has 1 saturated heterocycles. The second-order valence-corrected chi connectivity index (χ2v) is 6.49. The number of carbonyl (C=O) groups excluding carboxylic acids is 2. The minimum atomic E-state index is -0.469. The van der Waals surface area contributed by atoms with E-state index >= 15 is 0 Å². The lowest BCUT2D eigenvalue weighted by Gasteiger charge is -2.37. The van der Waals surface area contributed by atoms with Gasteiger partial charge in [0.2, 0.25) is 5.91 Å². The molecule has 21 heavy (non-hydrogen) atoms. The first-order valence-electron chi connectivity index (χ1n) is 7.34. The molecule has 2 unspecified atom stereocenters. The van der Waals surface area contributed by atoms with Crippen molar-refractivity contribution in [3.05, 3.63) is 0 Å². The van der Waals surface area contributed by atoms with Crippen LogP contribution in [0, 0.1) is 0 Å². The fourth-order valence-corrected chi connectivity index (χ4v) is 2.45. The number of hydrogen-bond donors (Lipinski definition) is 3. The van der Waals surface area contributed by atoms with Crippen LogP contribution in [-0.2, 0) is 9.53 Å². The Labute approximate surface area is 126 Å². The van der Waals surface area contributed by atoms with Crippen molar-refractivity contribution in [1.29, 1.82) is 0 Å². The van der Waals surface area contributed by atoms with Crippen LogP contribution in [-0.4, -0.2) is 61.3 Å². The predicted molar refractivity (Wildman–Crippen MR) is 80.9 cm³/mol. The molecule has 1 aliphatic rings. The molecular weight excluding hydrogens is 272 g/mol. The second kappa shape index (κ2) is 7.72. The smallest absolute Gasteiger partial charge is 0.321 e. The molecule has 1 aliphatic heterocycles.